The molecule has 200 valence electrons. The van der Waals surface area contributed by atoms with Crippen LogP contribution in [0.4, 0.5) is 0 Å². The molecular formula is C33H42N3O2+. The second kappa shape index (κ2) is 11.0. The van der Waals surface area contributed by atoms with Crippen LogP contribution < -0.4 is 10.6 Å². The number of hydrogen-bond acceptors (Lipinski definition) is 4. The maximum Gasteiger partial charge on any atom is 0.172 e. The van der Waals surface area contributed by atoms with Crippen molar-refractivity contribution in [2.45, 2.75) is 78.3 Å². The van der Waals surface area contributed by atoms with Crippen molar-refractivity contribution < 1.29 is 14.4 Å². The minimum atomic E-state index is -0.277. The van der Waals surface area contributed by atoms with Crippen molar-refractivity contribution in [3.8, 4) is 5.75 Å². The van der Waals surface area contributed by atoms with Crippen LogP contribution in [0.3, 0.4) is 0 Å². The Bertz CT molecular complexity index is 1250. The van der Waals surface area contributed by atoms with Crippen LogP contribution >= 0.6 is 0 Å². The predicted molar refractivity (Wildman–Crippen MR) is 153 cm³/mol. The van der Waals surface area contributed by atoms with Crippen molar-refractivity contribution in [2.24, 2.45) is 0 Å². The first-order valence-electron chi connectivity index (χ1n) is 14.1. The maximum atomic E-state index is 11.4. The normalized spacial score (nSPS) is 23.5. The molecule has 3 N–H and O–H groups in total. The van der Waals surface area contributed by atoms with Crippen molar-refractivity contribution in [3.63, 3.8) is 0 Å². The van der Waals surface area contributed by atoms with Crippen molar-refractivity contribution in [1.82, 2.24) is 10.6 Å². The molecule has 3 aromatic rings. The Morgan fingerprint density at radius 2 is 1.21 bits per heavy atom. The Labute approximate surface area is 227 Å². The van der Waals surface area contributed by atoms with E-state index in [0.717, 1.165) is 29.4 Å². The summed E-state index contributed by atoms with van der Waals surface area (Å²) in [4.78, 5) is 11.4. The van der Waals surface area contributed by atoms with Crippen LogP contribution in [-0.2, 0) is 0 Å². The van der Waals surface area contributed by atoms with Gasteiger partial charge in [-0.2, -0.15) is 0 Å². The fourth-order valence-corrected chi connectivity index (χ4v) is 6.84. The molecule has 2 fully saturated rings. The van der Waals surface area contributed by atoms with Crippen LogP contribution in [0.25, 0.3) is 0 Å². The highest BCUT2D eigenvalue weighted by Gasteiger charge is 2.51. The molecule has 5 rings (SSSR count). The molecule has 1 spiro atoms. The lowest BCUT2D eigenvalue weighted by molar-refractivity contribution is -0.998. The molecule has 0 bridgehead atoms. The lowest BCUT2D eigenvalue weighted by atomic mass is 9.91. The molecule has 0 radical (unpaired) electrons. The molecule has 2 heterocycles. The highest BCUT2D eigenvalue weighted by molar-refractivity contribution is 5.75. The molecule has 2 saturated heterocycles. The number of carbonyl (C=O) groups excluding carboxylic acids is 1. The third-order valence-corrected chi connectivity index (χ3v) is 8.77. The minimum Gasteiger partial charge on any atom is -0.508 e. The van der Waals surface area contributed by atoms with Gasteiger partial charge in [0, 0.05) is 22.3 Å². The maximum absolute atomic E-state index is 11.4. The van der Waals surface area contributed by atoms with Gasteiger partial charge < -0.3 is 5.11 Å². The summed E-state index contributed by atoms with van der Waals surface area (Å²) >= 11 is 0. The number of rotatable bonds is 4. The average Bonchev–Trinajstić information content (AvgIpc) is 2.86. The molecule has 2 aliphatic heterocycles. The van der Waals surface area contributed by atoms with E-state index >= 15 is 0 Å². The second-order valence-electron chi connectivity index (χ2n) is 11.5. The van der Waals surface area contributed by atoms with Gasteiger partial charge in [0.2, 0.25) is 0 Å². The first kappa shape index (κ1) is 26.6. The number of hydrogen-bond donors (Lipinski definition) is 3. The van der Waals surface area contributed by atoms with Crippen LogP contribution in [0, 0.1) is 27.7 Å². The zero-order valence-electron chi connectivity index (χ0n) is 23.3. The van der Waals surface area contributed by atoms with E-state index in [4.69, 9.17) is 0 Å². The van der Waals surface area contributed by atoms with Crippen molar-refractivity contribution in [1.29, 1.82) is 0 Å². The monoisotopic (exact) mass is 512 g/mol. The van der Waals surface area contributed by atoms with Gasteiger partial charge in [-0.05, 0) is 70.6 Å². The summed E-state index contributed by atoms with van der Waals surface area (Å²) in [5, 5.41) is 19.0. The Morgan fingerprint density at radius 3 is 1.68 bits per heavy atom. The fourth-order valence-electron chi connectivity index (χ4n) is 6.84. The number of benzene rings is 3. The first-order valence-corrected chi connectivity index (χ1v) is 14.1. The van der Waals surface area contributed by atoms with Gasteiger partial charge in [-0.15, -0.1) is 0 Å². The highest BCUT2D eigenvalue weighted by atomic mass is 16.3. The summed E-state index contributed by atoms with van der Waals surface area (Å²) in [6.45, 7) is 10.9. The number of phenols is 1. The number of nitrogens with one attached hydrogen (secondary N) is 2. The van der Waals surface area contributed by atoms with Crippen LogP contribution in [0.1, 0.15) is 99.9 Å². The second-order valence-corrected chi connectivity index (χ2v) is 11.5. The summed E-state index contributed by atoms with van der Waals surface area (Å²) in [7, 11) is 0. The molecule has 5 heteroatoms. The van der Waals surface area contributed by atoms with Gasteiger partial charge in [0.25, 0.3) is 0 Å². The van der Waals surface area contributed by atoms with Crippen molar-refractivity contribution >= 4 is 6.29 Å². The number of quaternary nitrogens is 1. The van der Waals surface area contributed by atoms with E-state index in [1.165, 1.54) is 65.5 Å². The summed E-state index contributed by atoms with van der Waals surface area (Å²) in [6, 6.07) is 18.9. The molecule has 2 atom stereocenters. The van der Waals surface area contributed by atoms with Crippen LogP contribution in [0.15, 0.2) is 54.6 Å². The van der Waals surface area contributed by atoms with Crippen molar-refractivity contribution in [3.05, 3.63) is 99.1 Å². The quantitative estimate of drug-likeness (QED) is 0.265. The molecule has 0 amide bonds. The summed E-state index contributed by atoms with van der Waals surface area (Å²) in [5.74, 6) is 0.138. The smallest absolute Gasteiger partial charge is 0.172 e. The number of aromatic hydroxyl groups is 1. The molecule has 5 nitrogen and oxygen atoms in total. The van der Waals surface area contributed by atoms with Gasteiger partial charge in [-0.1, -0.05) is 66.1 Å². The molecule has 0 saturated carbocycles. The molecule has 38 heavy (non-hydrogen) atoms. The van der Waals surface area contributed by atoms with E-state index in [1.807, 2.05) is 6.07 Å². The number of aryl methyl sites for hydroxylation is 4. The third-order valence-electron chi connectivity index (χ3n) is 8.77. The lowest BCUT2D eigenvalue weighted by Crippen LogP contribution is -2.68. The zero-order valence-corrected chi connectivity index (χ0v) is 23.3. The molecule has 2 unspecified atom stereocenters. The standard InChI is InChI=1S/C33H41N3O2/c1-22-10-13-27(24(3)18-22)32-34-31(29-15-12-26(21-37)20-30(29)38)35-33(28-14-11-23(2)19-25(28)4)36(32)16-8-6-5-7-9-17-36/h10-15,18-21,31-35H,5-9,16-17H2,1-4H3/p+1. The fraction of sp³-hybridized carbons (Fsp3) is 0.424. The van der Waals surface area contributed by atoms with Crippen LogP contribution in [0.5, 0.6) is 5.75 Å². The van der Waals surface area contributed by atoms with Gasteiger partial charge in [0.15, 0.2) is 12.3 Å². The average molecular weight is 513 g/mol. The van der Waals surface area contributed by atoms with E-state index in [2.05, 4.69) is 74.7 Å². The molecule has 0 aromatic heterocycles. The first-order chi connectivity index (χ1) is 18.3. The van der Waals surface area contributed by atoms with E-state index in [0.29, 0.717) is 5.56 Å². The summed E-state index contributed by atoms with van der Waals surface area (Å²) in [5.41, 5.74) is 9.01. The Kier molecular flexibility index (Phi) is 7.71. The summed E-state index contributed by atoms with van der Waals surface area (Å²) in [6.07, 6.45) is 6.82. The van der Waals surface area contributed by atoms with E-state index in [-0.39, 0.29) is 24.2 Å². The van der Waals surface area contributed by atoms with Gasteiger partial charge in [-0.3, -0.25) is 9.28 Å². The number of aldehydes is 1. The van der Waals surface area contributed by atoms with Crippen LogP contribution in [-0.4, -0.2) is 29.0 Å². The SMILES string of the molecule is Cc1ccc(C2NC(c3ccc(C=O)cc3O)NC(c3ccc(C)cc3C)[N+]23CCCCCCC3)c(C)c1. The topological polar surface area (TPSA) is 61.4 Å². The summed E-state index contributed by atoms with van der Waals surface area (Å²) < 4.78 is 0.900. The zero-order chi connectivity index (χ0) is 26.9. The van der Waals surface area contributed by atoms with Gasteiger partial charge in [-0.25, -0.2) is 10.6 Å². The number of carbonyl (C=O) groups is 1. The lowest BCUT2D eigenvalue weighted by Gasteiger charge is -2.56. The van der Waals surface area contributed by atoms with Crippen molar-refractivity contribution in [2.75, 3.05) is 13.1 Å². The third kappa shape index (κ3) is 5.03. The van der Waals surface area contributed by atoms with Gasteiger partial charge >= 0.3 is 0 Å². The molecule has 2 aliphatic rings. The molecule has 3 aromatic carbocycles. The van der Waals surface area contributed by atoms with Gasteiger partial charge in [0.05, 0.1) is 19.3 Å². The predicted octanol–water partition coefficient (Wildman–Crippen LogP) is 6.81. The van der Waals surface area contributed by atoms with E-state index in [1.54, 1.807) is 12.1 Å². The largest absolute Gasteiger partial charge is 0.508 e. The van der Waals surface area contributed by atoms with Crippen LogP contribution in [0.2, 0.25) is 0 Å². The highest BCUT2D eigenvalue weighted by Crippen LogP contribution is 2.46. The molecule has 0 aliphatic carbocycles. The van der Waals surface area contributed by atoms with E-state index in [9.17, 15) is 9.90 Å². The Balaban J connectivity index is 1.71. The Hall–Kier alpha value is -2.99. The number of phenolic OH excluding ortho intramolecular Hbond substituents is 1. The van der Waals surface area contributed by atoms with Gasteiger partial charge in [0.1, 0.15) is 12.0 Å². The molecular weight excluding hydrogens is 470 g/mol. The number of nitrogens with zero attached hydrogens (tertiary/aromatic N) is 1. The minimum absolute atomic E-state index is 0.0517. The Morgan fingerprint density at radius 1 is 0.711 bits per heavy atom. The van der Waals surface area contributed by atoms with E-state index < -0.39 is 0 Å².